The number of amidine groups is 1. The molecule has 0 saturated heterocycles. The van der Waals surface area contributed by atoms with Crippen LogP contribution in [0.3, 0.4) is 0 Å². The Morgan fingerprint density at radius 1 is 1.21 bits per heavy atom. The molecular formula is C22H29N3O3. The van der Waals surface area contributed by atoms with Crippen LogP contribution in [0, 0.1) is 0 Å². The number of aryl methyl sites for hydroxylation is 2. The van der Waals surface area contributed by atoms with Crippen LogP contribution in [0.5, 0.6) is 11.6 Å². The van der Waals surface area contributed by atoms with Gasteiger partial charge in [-0.2, -0.15) is 0 Å². The molecule has 1 N–H and O–H groups in total. The summed E-state index contributed by atoms with van der Waals surface area (Å²) >= 11 is 0. The lowest BCUT2D eigenvalue weighted by Gasteiger charge is -2.29. The maximum atomic E-state index is 9.77. The van der Waals surface area contributed by atoms with Crippen molar-refractivity contribution < 1.29 is 14.7 Å². The molecule has 0 radical (unpaired) electrons. The normalized spacial score (nSPS) is 14.1. The van der Waals surface area contributed by atoms with E-state index in [0.717, 1.165) is 18.6 Å². The lowest BCUT2D eigenvalue weighted by atomic mass is 9.92. The van der Waals surface area contributed by atoms with Crippen molar-refractivity contribution in [2.75, 3.05) is 20.3 Å². The van der Waals surface area contributed by atoms with Gasteiger partial charge in [0.2, 0.25) is 5.88 Å². The van der Waals surface area contributed by atoms with Gasteiger partial charge in [-0.15, -0.1) is 0 Å². The van der Waals surface area contributed by atoms with Gasteiger partial charge in [-0.1, -0.05) is 11.2 Å². The summed E-state index contributed by atoms with van der Waals surface area (Å²) in [6.45, 7) is 5.21. The number of oxime groups is 1. The van der Waals surface area contributed by atoms with Crippen LogP contribution in [0.25, 0.3) is 0 Å². The highest BCUT2D eigenvalue weighted by atomic mass is 16.5. The smallest absolute Gasteiger partial charge is 0.230 e. The Balaban J connectivity index is 1.89. The number of hydrogen-bond acceptors (Lipinski definition) is 5. The van der Waals surface area contributed by atoms with Crippen molar-refractivity contribution in [3.8, 4) is 11.6 Å². The number of aromatic nitrogens is 1. The molecule has 1 aromatic heterocycles. The zero-order valence-corrected chi connectivity index (χ0v) is 16.9. The van der Waals surface area contributed by atoms with Crippen LogP contribution in [-0.4, -0.2) is 47.2 Å². The fourth-order valence-electron chi connectivity index (χ4n) is 3.59. The van der Waals surface area contributed by atoms with Gasteiger partial charge in [0.25, 0.3) is 0 Å². The number of fused-ring (bicyclic) bond motifs is 1. The average molecular weight is 383 g/mol. The molecule has 1 aliphatic rings. The Hall–Kier alpha value is -2.60. The summed E-state index contributed by atoms with van der Waals surface area (Å²) in [4.78, 5) is 6.38. The molecule has 2 aromatic rings. The number of ether oxygens (including phenoxy) is 2. The third-order valence-electron chi connectivity index (χ3n) is 5.07. The lowest BCUT2D eigenvalue weighted by molar-refractivity contribution is 0.164. The van der Waals surface area contributed by atoms with Crippen LogP contribution in [0.2, 0.25) is 0 Å². The van der Waals surface area contributed by atoms with Crippen LogP contribution >= 0.6 is 0 Å². The predicted octanol–water partition coefficient (Wildman–Crippen LogP) is 4.25. The van der Waals surface area contributed by atoms with Crippen molar-refractivity contribution in [1.82, 2.24) is 9.88 Å². The zero-order valence-electron chi connectivity index (χ0n) is 16.9. The monoisotopic (exact) mass is 383 g/mol. The highest BCUT2D eigenvalue weighted by molar-refractivity contribution is 6.00. The average Bonchev–Trinajstić information content (AvgIpc) is 2.71. The van der Waals surface area contributed by atoms with E-state index < -0.39 is 0 Å². The van der Waals surface area contributed by atoms with Gasteiger partial charge in [0.15, 0.2) is 5.84 Å². The third-order valence-corrected chi connectivity index (χ3v) is 5.07. The minimum atomic E-state index is 0.123. The zero-order chi connectivity index (χ0) is 19.9. The van der Waals surface area contributed by atoms with Crippen molar-refractivity contribution >= 4 is 5.84 Å². The second-order valence-electron chi connectivity index (χ2n) is 7.30. The molecule has 6 nitrogen and oxygen atoms in total. The van der Waals surface area contributed by atoms with Crippen molar-refractivity contribution in [1.29, 1.82) is 0 Å². The van der Waals surface area contributed by atoms with Gasteiger partial charge in [-0.25, -0.2) is 4.98 Å². The first-order chi connectivity index (χ1) is 13.6. The van der Waals surface area contributed by atoms with Gasteiger partial charge in [-0.05, 0) is 74.9 Å². The first-order valence-electron chi connectivity index (χ1n) is 9.86. The van der Waals surface area contributed by atoms with Crippen LogP contribution in [0.1, 0.15) is 43.4 Å². The van der Waals surface area contributed by atoms with Crippen molar-refractivity contribution in [3.63, 3.8) is 0 Å². The second-order valence-corrected chi connectivity index (χ2v) is 7.30. The van der Waals surface area contributed by atoms with E-state index in [-0.39, 0.29) is 6.04 Å². The fraction of sp³-hybridized carbons (Fsp3) is 0.455. The van der Waals surface area contributed by atoms with Gasteiger partial charge in [0.05, 0.1) is 12.2 Å². The summed E-state index contributed by atoms with van der Waals surface area (Å²) in [5.41, 5.74) is 3.40. The number of pyridine rings is 1. The molecule has 0 amide bonds. The van der Waals surface area contributed by atoms with E-state index in [0.29, 0.717) is 30.4 Å². The molecule has 0 unspecified atom stereocenters. The predicted molar refractivity (Wildman–Crippen MR) is 109 cm³/mol. The number of nitrogens with zero attached hydrogens (tertiary/aromatic N) is 3. The lowest BCUT2D eigenvalue weighted by Crippen LogP contribution is -2.40. The highest BCUT2D eigenvalue weighted by Gasteiger charge is 2.22. The fourth-order valence-corrected chi connectivity index (χ4v) is 3.59. The summed E-state index contributed by atoms with van der Waals surface area (Å²) in [7, 11) is 1.66. The molecule has 1 aliphatic carbocycles. The first-order valence-corrected chi connectivity index (χ1v) is 9.86. The van der Waals surface area contributed by atoms with E-state index in [4.69, 9.17) is 9.47 Å². The van der Waals surface area contributed by atoms with Crippen LogP contribution in [0.4, 0.5) is 0 Å². The van der Waals surface area contributed by atoms with E-state index >= 15 is 0 Å². The molecule has 150 valence electrons. The molecular weight excluding hydrogens is 354 g/mol. The van der Waals surface area contributed by atoms with Gasteiger partial charge >= 0.3 is 0 Å². The Kier molecular flexibility index (Phi) is 6.87. The van der Waals surface area contributed by atoms with Crippen molar-refractivity contribution in [2.24, 2.45) is 5.16 Å². The minimum absolute atomic E-state index is 0.123. The Morgan fingerprint density at radius 3 is 2.71 bits per heavy atom. The maximum absolute atomic E-state index is 9.77. The summed E-state index contributed by atoms with van der Waals surface area (Å²) < 4.78 is 11.3. The van der Waals surface area contributed by atoms with E-state index in [1.165, 1.54) is 24.0 Å². The molecule has 0 spiro atoms. The van der Waals surface area contributed by atoms with Crippen LogP contribution in [-0.2, 0) is 17.6 Å². The van der Waals surface area contributed by atoms with Gasteiger partial charge in [0.1, 0.15) is 5.75 Å². The van der Waals surface area contributed by atoms with E-state index in [2.05, 4.69) is 22.3 Å². The SMILES string of the molecule is COCCN(/C(=N\O)c1cccnc1Oc1ccc2c(c1)CCCC2)C(C)C. The number of rotatable bonds is 7. The molecule has 6 heteroatoms. The summed E-state index contributed by atoms with van der Waals surface area (Å²) in [6.07, 6.45) is 6.37. The molecule has 0 bridgehead atoms. The summed E-state index contributed by atoms with van der Waals surface area (Å²) in [6, 6.07) is 10.0. The van der Waals surface area contributed by atoms with Gasteiger partial charge < -0.3 is 19.6 Å². The Bertz CT molecular complexity index is 820. The Labute approximate surface area is 166 Å². The van der Waals surface area contributed by atoms with E-state index in [1.54, 1.807) is 13.3 Å². The molecule has 0 aliphatic heterocycles. The molecule has 1 aromatic carbocycles. The largest absolute Gasteiger partial charge is 0.438 e. The Morgan fingerprint density at radius 2 is 2.00 bits per heavy atom. The molecule has 28 heavy (non-hydrogen) atoms. The minimum Gasteiger partial charge on any atom is -0.438 e. The van der Waals surface area contributed by atoms with Gasteiger partial charge in [-0.3, -0.25) is 0 Å². The molecule has 0 saturated carbocycles. The topological polar surface area (TPSA) is 67.2 Å². The van der Waals surface area contributed by atoms with E-state index in [9.17, 15) is 5.21 Å². The molecule has 3 rings (SSSR count). The van der Waals surface area contributed by atoms with Gasteiger partial charge in [0, 0.05) is 25.9 Å². The third kappa shape index (κ3) is 4.62. The van der Waals surface area contributed by atoms with Crippen molar-refractivity contribution in [3.05, 3.63) is 53.2 Å². The van der Waals surface area contributed by atoms with Crippen molar-refractivity contribution in [2.45, 2.75) is 45.6 Å². The maximum Gasteiger partial charge on any atom is 0.230 e. The first kappa shape index (κ1) is 20.1. The number of hydrogen-bond donors (Lipinski definition) is 1. The molecule has 0 fully saturated rings. The number of methoxy groups -OCH3 is 1. The number of benzene rings is 1. The summed E-state index contributed by atoms with van der Waals surface area (Å²) in [5.74, 6) is 1.60. The van der Waals surface area contributed by atoms with E-state index in [1.807, 2.05) is 36.9 Å². The molecule has 0 atom stereocenters. The summed E-state index contributed by atoms with van der Waals surface area (Å²) in [5, 5.41) is 13.3. The van der Waals surface area contributed by atoms with Crippen LogP contribution in [0.15, 0.2) is 41.7 Å². The quantitative estimate of drug-likeness (QED) is 0.335. The standard InChI is InChI=1S/C22H29N3O3/c1-16(2)25(13-14-27-3)21(24-26)20-9-6-12-23-22(20)28-19-11-10-17-7-4-5-8-18(17)15-19/h6,9-12,15-16,26H,4-5,7-8,13-14H2,1-3H3/b24-21-. The van der Waals surface area contributed by atoms with Crippen LogP contribution < -0.4 is 4.74 Å². The molecule has 1 heterocycles. The second kappa shape index (κ2) is 9.55. The highest BCUT2D eigenvalue weighted by Crippen LogP contribution is 2.29.